The van der Waals surface area contributed by atoms with Crippen molar-refractivity contribution in [1.82, 2.24) is 5.32 Å². The highest BCUT2D eigenvalue weighted by Gasteiger charge is 2.59. The van der Waals surface area contributed by atoms with Gasteiger partial charge in [-0.05, 0) is 26.8 Å². The van der Waals surface area contributed by atoms with E-state index in [0.29, 0.717) is 0 Å². The molecule has 1 amide bonds. The minimum Gasteiger partial charge on any atom is -0.464 e. The van der Waals surface area contributed by atoms with Gasteiger partial charge in [-0.25, -0.2) is 4.79 Å². The van der Waals surface area contributed by atoms with Gasteiger partial charge in [-0.1, -0.05) is 6.08 Å². The molecule has 0 aromatic heterocycles. The Hall–Kier alpha value is -1.44. The SMILES string of the molecule is CCOC(=O)C1(O)C=CC(NC(C)=O)C2OC(C)(C)OC21. The number of ether oxygens (including phenoxy) is 3. The number of carbonyl (C=O) groups excluding carboxylic acids is 2. The zero-order valence-corrected chi connectivity index (χ0v) is 12.6. The van der Waals surface area contributed by atoms with Crippen LogP contribution in [0.1, 0.15) is 27.7 Å². The first kappa shape index (κ1) is 15.9. The first-order valence-corrected chi connectivity index (χ1v) is 6.91. The van der Waals surface area contributed by atoms with E-state index in [1.807, 2.05) is 0 Å². The number of nitrogens with one attached hydrogen (secondary N) is 1. The third-order valence-electron chi connectivity index (χ3n) is 3.45. The highest BCUT2D eigenvalue weighted by molar-refractivity contribution is 5.83. The van der Waals surface area contributed by atoms with Gasteiger partial charge in [-0.2, -0.15) is 0 Å². The second-order valence-corrected chi connectivity index (χ2v) is 5.65. The molecule has 0 saturated carbocycles. The number of amides is 1. The second kappa shape index (κ2) is 5.40. The van der Waals surface area contributed by atoms with Crippen LogP contribution in [0.25, 0.3) is 0 Å². The minimum absolute atomic E-state index is 0.145. The fourth-order valence-electron chi connectivity index (χ4n) is 2.64. The van der Waals surface area contributed by atoms with Gasteiger partial charge in [-0.15, -0.1) is 0 Å². The third kappa shape index (κ3) is 2.95. The summed E-state index contributed by atoms with van der Waals surface area (Å²) in [4.78, 5) is 23.3. The van der Waals surface area contributed by atoms with Crippen molar-refractivity contribution in [2.45, 2.75) is 57.3 Å². The molecular weight excluding hydrogens is 278 g/mol. The fraction of sp³-hybridized carbons (Fsp3) is 0.714. The van der Waals surface area contributed by atoms with Crippen molar-refractivity contribution in [1.29, 1.82) is 0 Å². The predicted octanol–water partition coefficient (Wildman–Crippen LogP) is -0.125. The number of esters is 1. The van der Waals surface area contributed by atoms with Crippen molar-refractivity contribution < 1.29 is 28.9 Å². The van der Waals surface area contributed by atoms with Gasteiger partial charge < -0.3 is 24.6 Å². The summed E-state index contributed by atoms with van der Waals surface area (Å²) >= 11 is 0. The number of carbonyl (C=O) groups is 2. The molecule has 4 atom stereocenters. The van der Waals surface area contributed by atoms with Gasteiger partial charge in [0.1, 0.15) is 12.2 Å². The van der Waals surface area contributed by atoms with Gasteiger partial charge in [-0.3, -0.25) is 4.79 Å². The maximum Gasteiger partial charge on any atom is 0.345 e. The normalized spacial score (nSPS) is 36.9. The first-order valence-electron chi connectivity index (χ1n) is 6.91. The van der Waals surface area contributed by atoms with Gasteiger partial charge in [0.15, 0.2) is 5.79 Å². The number of rotatable bonds is 3. The van der Waals surface area contributed by atoms with E-state index in [1.165, 1.54) is 19.1 Å². The molecule has 0 aromatic carbocycles. The maximum absolute atomic E-state index is 12.1. The second-order valence-electron chi connectivity index (χ2n) is 5.65. The van der Waals surface area contributed by atoms with Crippen molar-refractivity contribution in [3.8, 4) is 0 Å². The summed E-state index contributed by atoms with van der Waals surface area (Å²) in [5.74, 6) is -2.00. The van der Waals surface area contributed by atoms with Gasteiger partial charge in [0.05, 0.1) is 12.6 Å². The van der Waals surface area contributed by atoms with E-state index >= 15 is 0 Å². The van der Waals surface area contributed by atoms with E-state index < -0.39 is 35.6 Å². The van der Waals surface area contributed by atoms with Crippen LogP contribution in [0.5, 0.6) is 0 Å². The molecule has 4 unspecified atom stereocenters. The number of hydrogen-bond acceptors (Lipinski definition) is 6. The summed E-state index contributed by atoms with van der Waals surface area (Å²) < 4.78 is 16.3. The van der Waals surface area contributed by atoms with Crippen molar-refractivity contribution in [2.75, 3.05) is 6.61 Å². The molecule has 1 aliphatic carbocycles. The number of fused-ring (bicyclic) bond motifs is 1. The summed E-state index contributed by atoms with van der Waals surface area (Å²) in [5.41, 5.74) is -1.93. The van der Waals surface area contributed by atoms with E-state index in [2.05, 4.69) is 5.32 Å². The van der Waals surface area contributed by atoms with Gasteiger partial charge in [0.25, 0.3) is 0 Å². The molecule has 7 heteroatoms. The molecular formula is C14H21NO6. The Kier molecular flexibility index (Phi) is 4.10. The topological polar surface area (TPSA) is 94.1 Å². The first-order chi connectivity index (χ1) is 9.69. The zero-order chi connectivity index (χ0) is 15.8. The van der Waals surface area contributed by atoms with E-state index in [-0.39, 0.29) is 12.5 Å². The van der Waals surface area contributed by atoms with Crippen LogP contribution in [0, 0.1) is 0 Å². The lowest BCUT2D eigenvalue weighted by molar-refractivity contribution is -0.185. The Balaban J connectivity index is 2.33. The van der Waals surface area contributed by atoms with Gasteiger partial charge in [0, 0.05) is 6.92 Å². The highest BCUT2D eigenvalue weighted by atomic mass is 16.8. The molecule has 7 nitrogen and oxygen atoms in total. The Bertz CT molecular complexity index is 474. The number of hydrogen-bond donors (Lipinski definition) is 2. The molecule has 0 spiro atoms. The van der Waals surface area contributed by atoms with Crippen LogP contribution in [0.4, 0.5) is 0 Å². The molecule has 2 N–H and O–H groups in total. The van der Waals surface area contributed by atoms with Crippen molar-refractivity contribution in [3.05, 3.63) is 12.2 Å². The van der Waals surface area contributed by atoms with Crippen molar-refractivity contribution in [2.24, 2.45) is 0 Å². The van der Waals surface area contributed by atoms with E-state index in [9.17, 15) is 14.7 Å². The molecule has 0 aromatic rings. The smallest absolute Gasteiger partial charge is 0.345 e. The Morgan fingerprint density at radius 3 is 2.62 bits per heavy atom. The molecule has 1 saturated heterocycles. The lowest BCUT2D eigenvalue weighted by atomic mass is 9.83. The predicted molar refractivity (Wildman–Crippen MR) is 72.2 cm³/mol. The van der Waals surface area contributed by atoms with E-state index in [4.69, 9.17) is 14.2 Å². The molecule has 2 aliphatic rings. The van der Waals surface area contributed by atoms with E-state index in [0.717, 1.165) is 0 Å². The van der Waals surface area contributed by atoms with Crippen LogP contribution < -0.4 is 5.32 Å². The van der Waals surface area contributed by atoms with Crippen LogP contribution in [0.15, 0.2) is 12.2 Å². The summed E-state index contributed by atoms with van der Waals surface area (Å²) in [5, 5.41) is 13.4. The lowest BCUT2D eigenvalue weighted by Gasteiger charge is -2.37. The van der Waals surface area contributed by atoms with Crippen LogP contribution in [-0.2, 0) is 23.8 Å². The van der Waals surface area contributed by atoms with Crippen LogP contribution in [-0.4, -0.2) is 53.2 Å². The summed E-state index contributed by atoms with van der Waals surface area (Å²) in [6.07, 6.45) is 1.21. The Labute approximate surface area is 123 Å². The van der Waals surface area contributed by atoms with Crippen LogP contribution >= 0.6 is 0 Å². The Morgan fingerprint density at radius 2 is 2.05 bits per heavy atom. The third-order valence-corrected chi connectivity index (χ3v) is 3.45. The molecule has 21 heavy (non-hydrogen) atoms. The average molecular weight is 299 g/mol. The Morgan fingerprint density at radius 1 is 1.38 bits per heavy atom. The fourth-order valence-corrected chi connectivity index (χ4v) is 2.64. The van der Waals surface area contributed by atoms with Gasteiger partial charge >= 0.3 is 5.97 Å². The molecule has 1 heterocycles. The number of aliphatic hydroxyl groups is 1. The summed E-state index contributed by atoms with van der Waals surface area (Å²) in [6, 6.07) is -0.482. The molecule has 1 fully saturated rings. The van der Waals surface area contributed by atoms with Crippen molar-refractivity contribution >= 4 is 11.9 Å². The molecule has 2 rings (SSSR count). The van der Waals surface area contributed by atoms with Crippen LogP contribution in [0.2, 0.25) is 0 Å². The monoisotopic (exact) mass is 299 g/mol. The highest BCUT2D eigenvalue weighted by Crippen LogP contribution is 2.39. The minimum atomic E-state index is -1.93. The standard InChI is InChI=1S/C14H21NO6/c1-5-19-12(17)14(18)7-6-9(15-8(2)16)10-11(14)21-13(3,4)20-10/h6-7,9-11,18H,5H2,1-4H3,(H,15,16). The van der Waals surface area contributed by atoms with Gasteiger partial charge in [0.2, 0.25) is 11.5 Å². The summed E-state index contributed by atoms with van der Waals surface area (Å²) in [7, 11) is 0. The lowest BCUT2D eigenvalue weighted by Crippen LogP contribution is -2.61. The molecule has 0 bridgehead atoms. The summed E-state index contributed by atoms with van der Waals surface area (Å²) in [6.45, 7) is 6.55. The average Bonchev–Trinajstić information content (AvgIpc) is 2.70. The van der Waals surface area contributed by atoms with Crippen LogP contribution in [0.3, 0.4) is 0 Å². The largest absolute Gasteiger partial charge is 0.464 e. The van der Waals surface area contributed by atoms with Crippen molar-refractivity contribution in [3.63, 3.8) is 0 Å². The van der Waals surface area contributed by atoms with E-state index in [1.54, 1.807) is 20.8 Å². The quantitative estimate of drug-likeness (QED) is 0.557. The molecule has 118 valence electrons. The molecule has 1 aliphatic heterocycles. The zero-order valence-electron chi connectivity index (χ0n) is 12.6. The molecule has 0 radical (unpaired) electrons. The maximum atomic E-state index is 12.1.